The van der Waals surface area contributed by atoms with Gasteiger partial charge in [-0.3, -0.25) is 4.79 Å². The SMILES string of the molecule is CC1CCN(Cc2ccc(Cl)nc2)C1=O. The highest BCUT2D eigenvalue weighted by molar-refractivity contribution is 6.29. The number of hydrogen-bond donors (Lipinski definition) is 0. The minimum Gasteiger partial charge on any atom is -0.338 e. The van der Waals surface area contributed by atoms with Crippen molar-refractivity contribution in [3.8, 4) is 0 Å². The van der Waals surface area contributed by atoms with Gasteiger partial charge in [0.05, 0.1) is 0 Å². The van der Waals surface area contributed by atoms with Crippen LogP contribution in [0.2, 0.25) is 5.15 Å². The van der Waals surface area contributed by atoms with Gasteiger partial charge in [-0.25, -0.2) is 4.98 Å². The van der Waals surface area contributed by atoms with E-state index in [0.29, 0.717) is 11.7 Å². The summed E-state index contributed by atoms with van der Waals surface area (Å²) in [5, 5.41) is 0.486. The van der Waals surface area contributed by atoms with Crippen LogP contribution >= 0.6 is 11.6 Å². The second-order valence-corrected chi connectivity index (χ2v) is 4.33. The van der Waals surface area contributed by atoms with E-state index in [1.807, 2.05) is 17.9 Å². The molecule has 1 aliphatic rings. The van der Waals surface area contributed by atoms with Gasteiger partial charge in [-0.2, -0.15) is 0 Å². The Morgan fingerprint density at radius 1 is 1.60 bits per heavy atom. The molecule has 1 unspecified atom stereocenters. The number of carbonyl (C=O) groups is 1. The van der Waals surface area contributed by atoms with Crippen molar-refractivity contribution in [3.63, 3.8) is 0 Å². The molecule has 2 heterocycles. The van der Waals surface area contributed by atoms with Crippen LogP contribution in [-0.4, -0.2) is 22.3 Å². The third kappa shape index (κ3) is 2.29. The standard InChI is InChI=1S/C11H13ClN2O/c1-8-4-5-14(11(8)15)7-9-2-3-10(12)13-6-9/h2-3,6,8H,4-5,7H2,1H3. The number of halogens is 1. The summed E-state index contributed by atoms with van der Waals surface area (Å²) in [6, 6.07) is 3.66. The van der Waals surface area contributed by atoms with Crippen molar-refractivity contribution in [2.24, 2.45) is 5.92 Å². The predicted molar refractivity (Wildman–Crippen MR) is 58.4 cm³/mol. The summed E-state index contributed by atoms with van der Waals surface area (Å²) in [4.78, 5) is 17.5. The lowest BCUT2D eigenvalue weighted by Crippen LogP contribution is -2.26. The van der Waals surface area contributed by atoms with Gasteiger partial charge in [0.2, 0.25) is 5.91 Å². The van der Waals surface area contributed by atoms with Gasteiger partial charge < -0.3 is 4.90 Å². The first-order chi connectivity index (χ1) is 7.16. The van der Waals surface area contributed by atoms with Gasteiger partial charge in [-0.15, -0.1) is 0 Å². The van der Waals surface area contributed by atoms with Crippen LogP contribution in [0.15, 0.2) is 18.3 Å². The van der Waals surface area contributed by atoms with Gasteiger partial charge in [0, 0.05) is 25.2 Å². The second-order valence-electron chi connectivity index (χ2n) is 3.94. The average Bonchev–Trinajstić information content (AvgIpc) is 2.53. The van der Waals surface area contributed by atoms with Crippen molar-refractivity contribution in [3.05, 3.63) is 29.0 Å². The monoisotopic (exact) mass is 224 g/mol. The highest BCUT2D eigenvalue weighted by Gasteiger charge is 2.27. The van der Waals surface area contributed by atoms with E-state index in [9.17, 15) is 4.79 Å². The molecule has 3 nitrogen and oxygen atoms in total. The lowest BCUT2D eigenvalue weighted by molar-refractivity contribution is -0.131. The first kappa shape index (κ1) is 10.4. The molecule has 1 aromatic heterocycles. The summed E-state index contributed by atoms with van der Waals surface area (Å²) in [6.45, 7) is 3.47. The number of hydrogen-bond acceptors (Lipinski definition) is 2. The zero-order chi connectivity index (χ0) is 10.8. The van der Waals surface area contributed by atoms with Crippen molar-refractivity contribution < 1.29 is 4.79 Å². The summed E-state index contributed by atoms with van der Waals surface area (Å²) >= 11 is 5.69. The molecule has 0 saturated carbocycles. The number of amides is 1. The number of carbonyl (C=O) groups excluding carboxylic acids is 1. The first-order valence-electron chi connectivity index (χ1n) is 5.06. The molecule has 1 aromatic rings. The molecule has 1 fully saturated rings. The molecular weight excluding hydrogens is 212 g/mol. The average molecular weight is 225 g/mol. The molecule has 1 saturated heterocycles. The topological polar surface area (TPSA) is 33.2 Å². The van der Waals surface area contributed by atoms with Crippen molar-refractivity contribution in [2.45, 2.75) is 19.9 Å². The Balaban J connectivity index is 2.03. The highest BCUT2D eigenvalue weighted by atomic mass is 35.5. The van der Waals surface area contributed by atoms with Gasteiger partial charge in [0.15, 0.2) is 0 Å². The Morgan fingerprint density at radius 2 is 2.40 bits per heavy atom. The maximum Gasteiger partial charge on any atom is 0.225 e. The van der Waals surface area contributed by atoms with Gasteiger partial charge >= 0.3 is 0 Å². The van der Waals surface area contributed by atoms with Gasteiger partial charge in [-0.1, -0.05) is 24.6 Å². The van der Waals surface area contributed by atoms with E-state index >= 15 is 0 Å². The smallest absolute Gasteiger partial charge is 0.225 e. The fourth-order valence-corrected chi connectivity index (χ4v) is 1.88. The molecular formula is C11H13ClN2O. The van der Waals surface area contributed by atoms with Crippen LogP contribution in [0.3, 0.4) is 0 Å². The summed E-state index contributed by atoms with van der Waals surface area (Å²) < 4.78 is 0. The van der Waals surface area contributed by atoms with Crippen LogP contribution in [0.4, 0.5) is 0 Å². The lowest BCUT2D eigenvalue weighted by Gasteiger charge is -2.15. The molecule has 0 N–H and O–H groups in total. The molecule has 15 heavy (non-hydrogen) atoms. The number of likely N-dealkylation sites (tertiary alicyclic amines) is 1. The van der Waals surface area contributed by atoms with E-state index in [0.717, 1.165) is 18.5 Å². The van der Waals surface area contributed by atoms with Gasteiger partial charge in [-0.05, 0) is 18.1 Å². The molecule has 2 rings (SSSR count). The normalized spacial score (nSPS) is 21.1. The fourth-order valence-electron chi connectivity index (χ4n) is 1.77. The van der Waals surface area contributed by atoms with Crippen molar-refractivity contribution in [2.75, 3.05) is 6.54 Å². The predicted octanol–water partition coefficient (Wildman–Crippen LogP) is 2.10. The second kappa shape index (κ2) is 4.19. The Labute approximate surface area is 94.1 Å². The number of aromatic nitrogens is 1. The molecule has 0 radical (unpaired) electrons. The summed E-state index contributed by atoms with van der Waals surface area (Å²) in [5.74, 6) is 0.412. The molecule has 80 valence electrons. The van der Waals surface area contributed by atoms with Crippen LogP contribution < -0.4 is 0 Å². The van der Waals surface area contributed by atoms with E-state index < -0.39 is 0 Å². The third-order valence-corrected chi connectivity index (χ3v) is 2.95. The summed E-state index contributed by atoms with van der Waals surface area (Å²) in [5.41, 5.74) is 1.03. The van der Waals surface area contributed by atoms with E-state index in [-0.39, 0.29) is 11.8 Å². The fraction of sp³-hybridized carbons (Fsp3) is 0.455. The molecule has 0 spiro atoms. The first-order valence-corrected chi connectivity index (χ1v) is 5.44. The zero-order valence-corrected chi connectivity index (χ0v) is 9.37. The molecule has 1 amide bonds. The van der Waals surface area contributed by atoms with E-state index in [1.54, 1.807) is 12.3 Å². The van der Waals surface area contributed by atoms with Crippen LogP contribution in [0.25, 0.3) is 0 Å². The number of pyridine rings is 1. The zero-order valence-electron chi connectivity index (χ0n) is 8.61. The molecule has 1 aliphatic heterocycles. The summed E-state index contributed by atoms with van der Waals surface area (Å²) in [6.07, 6.45) is 2.68. The van der Waals surface area contributed by atoms with E-state index in [1.165, 1.54) is 0 Å². The van der Waals surface area contributed by atoms with Crippen molar-refractivity contribution in [1.29, 1.82) is 0 Å². The quantitative estimate of drug-likeness (QED) is 0.721. The Bertz CT molecular complexity index is 363. The van der Waals surface area contributed by atoms with Crippen molar-refractivity contribution >= 4 is 17.5 Å². The van der Waals surface area contributed by atoms with Crippen molar-refractivity contribution in [1.82, 2.24) is 9.88 Å². The maximum absolute atomic E-state index is 11.7. The third-order valence-electron chi connectivity index (χ3n) is 2.73. The highest BCUT2D eigenvalue weighted by Crippen LogP contribution is 2.19. The van der Waals surface area contributed by atoms with E-state index in [2.05, 4.69) is 4.98 Å². The van der Waals surface area contributed by atoms with Crippen LogP contribution in [0, 0.1) is 5.92 Å². The van der Waals surface area contributed by atoms with Gasteiger partial charge in [0.25, 0.3) is 0 Å². The van der Waals surface area contributed by atoms with Crippen LogP contribution in [-0.2, 0) is 11.3 Å². The number of rotatable bonds is 2. The van der Waals surface area contributed by atoms with Crippen LogP contribution in [0.1, 0.15) is 18.9 Å². The molecule has 0 aromatic carbocycles. The maximum atomic E-state index is 11.7. The number of nitrogens with zero attached hydrogens (tertiary/aromatic N) is 2. The largest absolute Gasteiger partial charge is 0.338 e. The Kier molecular flexibility index (Phi) is 2.91. The van der Waals surface area contributed by atoms with E-state index in [4.69, 9.17) is 11.6 Å². The minimum atomic E-state index is 0.172. The molecule has 0 bridgehead atoms. The Morgan fingerprint density at radius 3 is 2.93 bits per heavy atom. The molecule has 4 heteroatoms. The Hall–Kier alpha value is -1.09. The molecule has 0 aliphatic carbocycles. The minimum absolute atomic E-state index is 0.172. The lowest BCUT2D eigenvalue weighted by atomic mass is 10.1. The van der Waals surface area contributed by atoms with Gasteiger partial charge in [0.1, 0.15) is 5.15 Å². The summed E-state index contributed by atoms with van der Waals surface area (Å²) in [7, 11) is 0. The van der Waals surface area contributed by atoms with Crippen LogP contribution in [0.5, 0.6) is 0 Å². The molecule has 1 atom stereocenters.